The van der Waals surface area contributed by atoms with Crippen LogP contribution in [0.3, 0.4) is 0 Å². The number of carbonyl (C=O) groups excluding carboxylic acids is 1. The van der Waals surface area contributed by atoms with E-state index >= 15 is 0 Å². The Morgan fingerprint density at radius 3 is 2.67 bits per heavy atom. The zero-order chi connectivity index (χ0) is 14.7. The molecule has 0 spiro atoms. The molecule has 0 aliphatic heterocycles. The van der Waals surface area contributed by atoms with E-state index in [2.05, 4.69) is 15.3 Å². The molecule has 0 atom stereocenters. The van der Waals surface area contributed by atoms with Crippen LogP contribution in [-0.2, 0) is 0 Å². The third-order valence-corrected chi connectivity index (χ3v) is 3.50. The van der Waals surface area contributed by atoms with Gasteiger partial charge >= 0.3 is 0 Å². The summed E-state index contributed by atoms with van der Waals surface area (Å²) in [4.78, 5) is 15.2. The molecule has 0 amide bonds. The third kappa shape index (κ3) is 2.77. The summed E-state index contributed by atoms with van der Waals surface area (Å²) >= 11 is 1.39. The van der Waals surface area contributed by atoms with Gasteiger partial charge in [0.2, 0.25) is 5.13 Å². The van der Waals surface area contributed by atoms with Gasteiger partial charge in [0.15, 0.2) is 12.0 Å². The van der Waals surface area contributed by atoms with Crippen LogP contribution in [0.15, 0.2) is 35.8 Å². The first-order chi connectivity index (χ1) is 10.3. The highest BCUT2D eigenvalue weighted by molar-refractivity contribution is 7.12. The molecule has 2 aromatic heterocycles. The fraction of sp³-hybridized carbons (Fsp3) is 0. The number of thiazole rings is 1. The largest absolute Gasteiger partial charge is 0.296 e. The highest BCUT2D eigenvalue weighted by atomic mass is 32.1. The number of aldehydes is 1. The van der Waals surface area contributed by atoms with Crippen LogP contribution in [-0.4, -0.2) is 26.3 Å². The van der Waals surface area contributed by atoms with E-state index in [0.29, 0.717) is 17.1 Å². The molecule has 0 fully saturated rings. The van der Waals surface area contributed by atoms with Crippen molar-refractivity contribution in [3.8, 4) is 5.13 Å². The maximum Gasteiger partial charge on any atom is 0.212 e. The van der Waals surface area contributed by atoms with Gasteiger partial charge in [-0.15, -0.1) is 16.4 Å². The second-order valence-electron chi connectivity index (χ2n) is 4.09. The molecule has 0 aliphatic carbocycles. The quantitative estimate of drug-likeness (QED) is 0.695. The van der Waals surface area contributed by atoms with Gasteiger partial charge in [-0.2, -0.15) is 4.68 Å². The molecule has 2 heterocycles. The molecule has 0 bridgehead atoms. The summed E-state index contributed by atoms with van der Waals surface area (Å²) < 4.78 is 14.4. The molecule has 3 aromatic rings. The van der Waals surface area contributed by atoms with Gasteiger partial charge in [0.05, 0.1) is 0 Å². The van der Waals surface area contributed by atoms with Crippen molar-refractivity contribution in [2.75, 3.05) is 0 Å². The van der Waals surface area contributed by atoms with Crippen LogP contribution in [0, 0.1) is 5.82 Å². The lowest BCUT2D eigenvalue weighted by molar-refractivity contribution is 0.111. The minimum Gasteiger partial charge on any atom is -0.296 e. The lowest BCUT2D eigenvalue weighted by Crippen LogP contribution is -1.98. The van der Waals surface area contributed by atoms with Gasteiger partial charge in [-0.3, -0.25) is 4.79 Å². The predicted molar refractivity (Wildman–Crippen MR) is 77.7 cm³/mol. The summed E-state index contributed by atoms with van der Waals surface area (Å²) in [6, 6.07) is 6.03. The fourth-order valence-electron chi connectivity index (χ4n) is 1.75. The number of aromatic nitrogens is 4. The third-order valence-electron chi connectivity index (χ3n) is 2.75. The number of hydrogen-bond acceptors (Lipinski definition) is 5. The maximum absolute atomic E-state index is 12.9. The van der Waals surface area contributed by atoms with Crippen molar-refractivity contribution in [1.29, 1.82) is 0 Å². The molecule has 7 heteroatoms. The average molecular weight is 300 g/mol. The number of benzene rings is 1. The summed E-state index contributed by atoms with van der Waals surface area (Å²) in [6.45, 7) is 0. The average Bonchev–Trinajstić information content (AvgIpc) is 3.15. The molecule has 0 radical (unpaired) electrons. The van der Waals surface area contributed by atoms with Gasteiger partial charge in [-0.05, 0) is 23.8 Å². The lowest BCUT2D eigenvalue weighted by Gasteiger charge is -1.98. The van der Waals surface area contributed by atoms with Crippen molar-refractivity contribution >= 4 is 29.8 Å². The lowest BCUT2D eigenvalue weighted by atomic mass is 10.2. The normalized spacial score (nSPS) is 11.1. The van der Waals surface area contributed by atoms with Crippen molar-refractivity contribution in [2.24, 2.45) is 0 Å². The highest BCUT2D eigenvalue weighted by Crippen LogP contribution is 2.17. The summed E-state index contributed by atoms with van der Waals surface area (Å²) in [7, 11) is 0. The van der Waals surface area contributed by atoms with Crippen LogP contribution < -0.4 is 0 Å². The summed E-state index contributed by atoms with van der Waals surface area (Å²) in [6.07, 6.45) is 5.75. The van der Waals surface area contributed by atoms with Gasteiger partial charge in [-0.25, -0.2) is 9.37 Å². The van der Waals surface area contributed by atoms with Gasteiger partial charge in [0.1, 0.15) is 11.5 Å². The van der Waals surface area contributed by atoms with E-state index in [1.165, 1.54) is 28.2 Å². The fourth-order valence-corrected chi connectivity index (χ4v) is 2.35. The van der Waals surface area contributed by atoms with Crippen LogP contribution in [0.4, 0.5) is 4.39 Å². The van der Waals surface area contributed by atoms with E-state index in [4.69, 9.17) is 0 Å². The Labute approximate surface area is 123 Å². The van der Waals surface area contributed by atoms with E-state index in [-0.39, 0.29) is 11.5 Å². The number of nitrogens with zero attached hydrogens (tertiary/aromatic N) is 4. The van der Waals surface area contributed by atoms with Gasteiger partial charge < -0.3 is 0 Å². The first-order valence-corrected chi connectivity index (χ1v) is 6.90. The van der Waals surface area contributed by atoms with E-state index in [1.54, 1.807) is 30.5 Å². The number of hydrogen-bond donors (Lipinski definition) is 0. The van der Waals surface area contributed by atoms with E-state index in [1.807, 2.05) is 5.38 Å². The standard InChI is InChI=1S/C14H9FN4OS/c15-11-4-1-10(2-5-11)3-6-13-12(9-20)17-18-19(13)14-16-7-8-21-14/h1-9H/b6-3+. The summed E-state index contributed by atoms with van der Waals surface area (Å²) in [5, 5.41) is 10.2. The van der Waals surface area contributed by atoms with Crippen molar-refractivity contribution in [3.05, 3.63) is 58.6 Å². The van der Waals surface area contributed by atoms with Gasteiger partial charge in [0.25, 0.3) is 0 Å². The second-order valence-corrected chi connectivity index (χ2v) is 4.96. The van der Waals surface area contributed by atoms with Crippen molar-refractivity contribution in [3.63, 3.8) is 0 Å². The van der Waals surface area contributed by atoms with Crippen molar-refractivity contribution in [2.45, 2.75) is 0 Å². The Hall–Kier alpha value is -2.67. The Kier molecular flexibility index (Phi) is 3.65. The SMILES string of the molecule is O=Cc1nnn(-c2nccs2)c1/C=C/c1ccc(F)cc1. The van der Waals surface area contributed by atoms with Crippen LogP contribution >= 0.6 is 11.3 Å². The first kappa shape index (κ1) is 13.3. The predicted octanol–water partition coefficient (Wildman–Crippen LogP) is 2.85. The molecule has 21 heavy (non-hydrogen) atoms. The monoisotopic (exact) mass is 300 g/mol. The summed E-state index contributed by atoms with van der Waals surface area (Å²) in [5.74, 6) is -0.296. The smallest absolute Gasteiger partial charge is 0.212 e. The van der Waals surface area contributed by atoms with E-state index in [9.17, 15) is 9.18 Å². The minimum atomic E-state index is -0.296. The maximum atomic E-state index is 12.9. The van der Waals surface area contributed by atoms with E-state index < -0.39 is 0 Å². The zero-order valence-electron chi connectivity index (χ0n) is 10.7. The molecular formula is C14H9FN4OS. The van der Waals surface area contributed by atoms with Crippen LogP contribution in [0.1, 0.15) is 21.7 Å². The Balaban J connectivity index is 1.99. The molecular weight excluding hydrogens is 291 g/mol. The van der Waals surface area contributed by atoms with Crippen LogP contribution in [0.2, 0.25) is 0 Å². The molecule has 1 aromatic carbocycles. The first-order valence-electron chi connectivity index (χ1n) is 6.02. The van der Waals surface area contributed by atoms with Crippen molar-refractivity contribution in [1.82, 2.24) is 20.0 Å². The Bertz CT molecular complexity index is 778. The van der Waals surface area contributed by atoms with Crippen LogP contribution in [0.25, 0.3) is 17.3 Å². The van der Waals surface area contributed by atoms with E-state index in [0.717, 1.165) is 5.56 Å². The molecule has 0 saturated carbocycles. The minimum absolute atomic E-state index is 0.226. The Morgan fingerprint density at radius 1 is 1.19 bits per heavy atom. The molecule has 0 unspecified atom stereocenters. The Morgan fingerprint density at radius 2 is 2.00 bits per heavy atom. The molecule has 0 saturated heterocycles. The number of rotatable bonds is 4. The highest BCUT2D eigenvalue weighted by Gasteiger charge is 2.12. The molecule has 5 nitrogen and oxygen atoms in total. The van der Waals surface area contributed by atoms with Crippen LogP contribution in [0.5, 0.6) is 0 Å². The summed E-state index contributed by atoms with van der Waals surface area (Å²) in [5.41, 5.74) is 1.56. The van der Waals surface area contributed by atoms with Gasteiger partial charge in [0, 0.05) is 11.6 Å². The zero-order valence-corrected chi connectivity index (χ0v) is 11.5. The molecule has 3 rings (SSSR count). The molecule has 0 aliphatic rings. The van der Waals surface area contributed by atoms with Gasteiger partial charge in [-0.1, -0.05) is 23.4 Å². The van der Waals surface area contributed by atoms with Crippen molar-refractivity contribution < 1.29 is 9.18 Å². The molecule has 104 valence electrons. The molecule has 0 N–H and O–H groups in total. The number of halogens is 1. The topological polar surface area (TPSA) is 60.7 Å². The number of carbonyl (C=O) groups is 1. The second kappa shape index (κ2) is 5.76.